The molecular weight excluding hydrogens is 352 g/mol. The summed E-state index contributed by atoms with van der Waals surface area (Å²) < 4.78 is 0. The highest BCUT2D eigenvalue weighted by Crippen LogP contribution is 2.18. The molecule has 0 spiro atoms. The van der Waals surface area contributed by atoms with Crippen LogP contribution in [0.4, 0.5) is 5.69 Å². The molecule has 1 aromatic heterocycles. The third-order valence-corrected chi connectivity index (χ3v) is 3.86. The molecule has 0 fully saturated rings. The van der Waals surface area contributed by atoms with Crippen LogP contribution < -0.4 is 10.7 Å². The summed E-state index contributed by atoms with van der Waals surface area (Å²) in [6.07, 6.45) is 1.35. The molecule has 6 nitrogen and oxygen atoms in total. The van der Waals surface area contributed by atoms with Crippen LogP contribution in [0.15, 0.2) is 59.7 Å². The fourth-order valence-corrected chi connectivity index (χ4v) is 2.52. The summed E-state index contributed by atoms with van der Waals surface area (Å²) in [5, 5.41) is 7.43. The molecule has 0 unspecified atom stereocenters. The lowest BCUT2D eigenvalue weighted by atomic mass is 10.2. The van der Waals surface area contributed by atoms with Gasteiger partial charge in [-0.1, -0.05) is 41.9 Å². The Labute approximate surface area is 154 Å². The van der Waals surface area contributed by atoms with E-state index in [0.29, 0.717) is 11.3 Å². The monoisotopic (exact) mass is 366 g/mol. The maximum Gasteiger partial charge on any atom is 0.329 e. The largest absolute Gasteiger partial charge is 0.329 e. The molecule has 7 heteroatoms. The normalized spacial score (nSPS) is 10.8. The summed E-state index contributed by atoms with van der Waals surface area (Å²) in [5.41, 5.74) is 4.98. The van der Waals surface area contributed by atoms with Gasteiger partial charge in [0.05, 0.1) is 11.7 Å². The van der Waals surface area contributed by atoms with Gasteiger partial charge in [0.2, 0.25) is 0 Å². The van der Waals surface area contributed by atoms with Crippen molar-refractivity contribution in [2.45, 2.75) is 6.92 Å². The van der Waals surface area contributed by atoms with Gasteiger partial charge in [-0.05, 0) is 36.8 Å². The highest BCUT2D eigenvalue weighted by molar-refractivity contribution is 6.39. The minimum absolute atomic E-state index is 0.255. The molecular formula is C19H15ClN4O2. The van der Waals surface area contributed by atoms with Crippen LogP contribution in [0.2, 0.25) is 5.15 Å². The van der Waals surface area contributed by atoms with E-state index in [0.717, 1.165) is 16.5 Å². The van der Waals surface area contributed by atoms with E-state index in [1.807, 2.05) is 37.3 Å². The molecule has 0 saturated carbocycles. The van der Waals surface area contributed by atoms with E-state index < -0.39 is 11.8 Å². The van der Waals surface area contributed by atoms with Crippen LogP contribution in [-0.4, -0.2) is 23.0 Å². The molecule has 0 atom stereocenters. The van der Waals surface area contributed by atoms with Gasteiger partial charge in [0.25, 0.3) is 0 Å². The third kappa shape index (κ3) is 4.23. The molecule has 26 heavy (non-hydrogen) atoms. The molecule has 0 aliphatic rings. The van der Waals surface area contributed by atoms with E-state index in [4.69, 9.17) is 11.6 Å². The molecule has 3 rings (SSSR count). The number of nitrogens with zero attached hydrogens (tertiary/aromatic N) is 2. The fourth-order valence-electron chi connectivity index (χ4n) is 2.32. The van der Waals surface area contributed by atoms with Crippen molar-refractivity contribution in [2.24, 2.45) is 5.10 Å². The number of anilines is 1. The highest BCUT2D eigenvalue weighted by atomic mass is 35.5. The average molecular weight is 367 g/mol. The Morgan fingerprint density at radius 2 is 1.88 bits per heavy atom. The predicted octanol–water partition coefficient (Wildman–Crippen LogP) is 3.29. The number of aryl methyl sites for hydroxylation is 1. The molecule has 130 valence electrons. The molecule has 0 saturated heterocycles. The van der Waals surface area contributed by atoms with Crippen LogP contribution in [0.1, 0.15) is 11.1 Å². The third-order valence-electron chi connectivity index (χ3n) is 3.56. The summed E-state index contributed by atoms with van der Waals surface area (Å²) in [6, 6.07) is 16.4. The SMILES string of the molecule is Cc1cccc(NC(=O)C(=O)NN=Cc2cc3ccccc3nc2Cl)c1. The van der Waals surface area contributed by atoms with Gasteiger partial charge in [-0.15, -0.1) is 0 Å². The second kappa shape index (κ2) is 7.76. The summed E-state index contributed by atoms with van der Waals surface area (Å²) in [4.78, 5) is 28.0. The number of rotatable bonds is 3. The van der Waals surface area contributed by atoms with Crippen molar-refractivity contribution in [1.82, 2.24) is 10.4 Å². The second-order valence-electron chi connectivity index (χ2n) is 5.58. The number of fused-ring (bicyclic) bond motifs is 1. The number of amides is 2. The molecule has 0 aliphatic carbocycles. The number of carbonyl (C=O) groups excluding carboxylic acids is 2. The Kier molecular flexibility index (Phi) is 5.24. The average Bonchev–Trinajstić information content (AvgIpc) is 2.62. The Morgan fingerprint density at radius 1 is 1.08 bits per heavy atom. The van der Waals surface area contributed by atoms with Crippen molar-refractivity contribution < 1.29 is 9.59 Å². The van der Waals surface area contributed by atoms with Gasteiger partial charge < -0.3 is 5.32 Å². The van der Waals surface area contributed by atoms with E-state index in [1.165, 1.54) is 6.21 Å². The van der Waals surface area contributed by atoms with Crippen molar-refractivity contribution in [3.05, 3.63) is 70.9 Å². The van der Waals surface area contributed by atoms with Crippen LogP contribution in [0.3, 0.4) is 0 Å². The highest BCUT2D eigenvalue weighted by Gasteiger charge is 2.13. The van der Waals surface area contributed by atoms with Crippen molar-refractivity contribution >= 4 is 46.2 Å². The van der Waals surface area contributed by atoms with Crippen molar-refractivity contribution in [3.63, 3.8) is 0 Å². The molecule has 1 heterocycles. The molecule has 2 amide bonds. The van der Waals surface area contributed by atoms with Gasteiger partial charge in [-0.3, -0.25) is 9.59 Å². The Bertz CT molecular complexity index is 1020. The molecule has 2 aromatic carbocycles. The summed E-state index contributed by atoms with van der Waals surface area (Å²) in [7, 11) is 0. The number of carbonyl (C=O) groups is 2. The number of benzene rings is 2. The van der Waals surface area contributed by atoms with Crippen LogP contribution in [0.5, 0.6) is 0 Å². The zero-order valence-electron chi connectivity index (χ0n) is 13.9. The number of aromatic nitrogens is 1. The first-order chi connectivity index (χ1) is 12.5. The van der Waals surface area contributed by atoms with Crippen LogP contribution in [-0.2, 0) is 9.59 Å². The van der Waals surface area contributed by atoms with Crippen LogP contribution in [0.25, 0.3) is 10.9 Å². The van der Waals surface area contributed by atoms with E-state index in [1.54, 1.807) is 24.3 Å². The number of hydrazone groups is 1. The van der Waals surface area contributed by atoms with E-state index in [-0.39, 0.29) is 5.15 Å². The van der Waals surface area contributed by atoms with E-state index >= 15 is 0 Å². The lowest BCUT2D eigenvalue weighted by Crippen LogP contribution is -2.32. The molecule has 3 aromatic rings. The Hall–Kier alpha value is -3.25. The maximum absolute atomic E-state index is 11.9. The fraction of sp³-hybridized carbons (Fsp3) is 0.0526. The summed E-state index contributed by atoms with van der Waals surface area (Å²) in [6.45, 7) is 1.89. The van der Waals surface area contributed by atoms with Crippen LogP contribution >= 0.6 is 11.6 Å². The van der Waals surface area contributed by atoms with Gasteiger partial charge in [0.15, 0.2) is 0 Å². The minimum atomic E-state index is -0.882. The summed E-state index contributed by atoms with van der Waals surface area (Å²) in [5.74, 6) is -1.69. The van der Waals surface area contributed by atoms with E-state index in [9.17, 15) is 9.59 Å². The number of pyridine rings is 1. The zero-order valence-corrected chi connectivity index (χ0v) is 14.6. The van der Waals surface area contributed by atoms with E-state index in [2.05, 4.69) is 20.8 Å². The molecule has 0 bridgehead atoms. The summed E-state index contributed by atoms with van der Waals surface area (Å²) >= 11 is 6.11. The zero-order chi connectivity index (χ0) is 18.5. The lowest BCUT2D eigenvalue weighted by molar-refractivity contribution is -0.136. The first-order valence-electron chi connectivity index (χ1n) is 7.79. The number of para-hydroxylation sites is 1. The van der Waals surface area contributed by atoms with Crippen LogP contribution in [0, 0.1) is 6.92 Å². The molecule has 2 N–H and O–H groups in total. The topological polar surface area (TPSA) is 83.5 Å². The quantitative estimate of drug-likeness (QED) is 0.323. The van der Waals surface area contributed by atoms with Gasteiger partial charge >= 0.3 is 11.8 Å². The first-order valence-corrected chi connectivity index (χ1v) is 8.17. The van der Waals surface area contributed by atoms with Gasteiger partial charge in [-0.25, -0.2) is 10.4 Å². The Balaban J connectivity index is 1.65. The van der Waals surface area contributed by atoms with Crippen molar-refractivity contribution in [2.75, 3.05) is 5.32 Å². The van der Waals surface area contributed by atoms with Gasteiger partial charge in [-0.2, -0.15) is 5.10 Å². The van der Waals surface area contributed by atoms with Gasteiger partial charge in [0, 0.05) is 16.6 Å². The smallest absolute Gasteiger partial charge is 0.318 e. The maximum atomic E-state index is 11.9. The molecule has 0 aliphatic heterocycles. The van der Waals surface area contributed by atoms with Crippen molar-refractivity contribution in [1.29, 1.82) is 0 Å². The predicted molar refractivity (Wildman–Crippen MR) is 102 cm³/mol. The second-order valence-corrected chi connectivity index (χ2v) is 5.94. The Morgan fingerprint density at radius 3 is 2.69 bits per heavy atom. The number of hydrogen-bond donors (Lipinski definition) is 2. The van der Waals surface area contributed by atoms with Crippen molar-refractivity contribution in [3.8, 4) is 0 Å². The minimum Gasteiger partial charge on any atom is -0.318 e. The number of nitrogens with one attached hydrogen (secondary N) is 2. The first kappa shape index (κ1) is 17.6. The lowest BCUT2D eigenvalue weighted by Gasteiger charge is -2.05. The number of halogens is 1. The molecule has 0 radical (unpaired) electrons. The van der Waals surface area contributed by atoms with Gasteiger partial charge in [0.1, 0.15) is 5.15 Å². The standard InChI is InChI=1S/C19H15ClN4O2/c1-12-5-4-7-15(9-12)22-18(25)19(26)24-21-11-14-10-13-6-2-3-8-16(13)23-17(14)20/h2-11H,1H3,(H,22,25)(H,24,26). The number of hydrogen-bond acceptors (Lipinski definition) is 4.